The zero-order chi connectivity index (χ0) is 17.0. The first-order chi connectivity index (χ1) is 11.6. The number of benzene rings is 1. The highest BCUT2D eigenvalue weighted by atomic mass is 19.4. The van der Waals surface area contributed by atoms with Crippen LogP contribution in [-0.2, 0) is 6.18 Å². The maximum Gasteiger partial charge on any atom is 0.416 e. The third-order valence-corrected chi connectivity index (χ3v) is 4.27. The number of alkyl halides is 3. The van der Waals surface area contributed by atoms with E-state index in [1.165, 1.54) is 12.1 Å². The molecular weight excluding hydrogens is 315 g/mol. The highest BCUT2D eigenvalue weighted by Crippen LogP contribution is 2.34. The van der Waals surface area contributed by atoms with Crippen molar-refractivity contribution in [3.8, 4) is 0 Å². The van der Waals surface area contributed by atoms with Crippen molar-refractivity contribution < 1.29 is 13.2 Å². The molecule has 1 fully saturated rings. The molecule has 6 heteroatoms. The van der Waals surface area contributed by atoms with Crippen molar-refractivity contribution >= 4 is 0 Å². The second kappa shape index (κ2) is 7.32. The van der Waals surface area contributed by atoms with Crippen LogP contribution < -0.4 is 5.32 Å². The van der Waals surface area contributed by atoms with Crippen LogP contribution in [0.4, 0.5) is 13.2 Å². The summed E-state index contributed by atoms with van der Waals surface area (Å²) < 4.78 is 39.3. The second-order valence-electron chi connectivity index (χ2n) is 5.95. The van der Waals surface area contributed by atoms with E-state index in [9.17, 15) is 13.2 Å². The number of nitrogens with zero attached hydrogens (tertiary/aromatic N) is 2. The Balaban J connectivity index is 2.01. The van der Waals surface area contributed by atoms with E-state index >= 15 is 0 Å². The lowest BCUT2D eigenvalue weighted by Crippen LogP contribution is -2.33. The summed E-state index contributed by atoms with van der Waals surface area (Å²) in [5.74, 6) is 0. The Bertz CT molecular complexity index is 650. The molecule has 24 heavy (non-hydrogen) atoms. The molecule has 0 bridgehead atoms. The van der Waals surface area contributed by atoms with Crippen LogP contribution in [0.3, 0.4) is 0 Å². The summed E-state index contributed by atoms with van der Waals surface area (Å²) in [5.41, 5.74) is 0.959. The standard InChI is InChI=1S/C18H20F3N3/c19-18(20,21)16-6-1-4-14(12-16)17(15-5-2-7-23-13-15)24-10-3-8-22-9-11-24/h1-2,4-7,12-13,17,22H,3,8-11H2. The van der Waals surface area contributed by atoms with Crippen LogP contribution in [-0.4, -0.2) is 36.1 Å². The van der Waals surface area contributed by atoms with E-state index in [-0.39, 0.29) is 6.04 Å². The molecule has 0 saturated carbocycles. The molecule has 0 radical (unpaired) electrons. The van der Waals surface area contributed by atoms with Gasteiger partial charge in [0.15, 0.2) is 0 Å². The molecule has 0 aliphatic carbocycles. The van der Waals surface area contributed by atoms with Crippen molar-refractivity contribution in [2.45, 2.75) is 18.6 Å². The van der Waals surface area contributed by atoms with Gasteiger partial charge in [0, 0.05) is 32.0 Å². The summed E-state index contributed by atoms with van der Waals surface area (Å²) in [6.07, 6.45) is 0.0471. The van der Waals surface area contributed by atoms with Crippen molar-refractivity contribution in [3.05, 3.63) is 65.5 Å². The highest BCUT2D eigenvalue weighted by molar-refractivity contribution is 5.34. The summed E-state index contributed by atoms with van der Waals surface area (Å²) in [5, 5.41) is 3.33. The normalized spacial score (nSPS) is 18.1. The minimum atomic E-state index is -4.34. The molecule has 128 valence electrons. The lowest BCUT2D eigenvalue weighted by molar-refractivity contribution is -0.137. The molecule has 0 amide bonds. The van der Waals surface area contributed by atoms with Gasteiger partial charge in [-0.1, -0.05) is 18.2 Å². The maximum atomic E-state index is 13.1. The molecule has 2 heterocycles. The monoisotopic (exact) mass is 335 g/mol. The molecule has 1 N–H and O–H groups in total. The fourth-order valence-corrected chi connectivity index (χ4v) is 3.16. The molecule has 3 nitrogen and oxygen atoms in total. The molecule has 1 atom stereocenters. The topological polar surface area (TPSA) is 28.2 Å². The van der Waals surface area contributed by atoms with Gasteiger partial charge in [-0.25, -0.2) is 0 Å². The molecule has 2 aromatic rings. The minimum Gasteiger partial charge on any atom is -0.315 e. The lowest BCUT2D eigenvalue weighted by Gasteiger charge is -2.31. The highest BCUT2D eigenvalue weighted by Gasteiger charge is 2.32. The van der Waals surface area contributed by atoms with Crippen LogP contribution in [0.5, 0.6) is 0 Å². The predicted octanol–water partition coefficient (Wildman–Crippen LogP) is 3.49. The SMILES string of the molecule is FC(F)(F)c1cccc(C(c2cccnc2)N2CCCNCC2)c1. The Hall–Kier alpha value is -1.92. The van der Waals surface area contributed by atoms with Crippen molar-refractivity contribution in [1.29, 1.82) is 0 Å². The Morgan fingerprint density at radius 2 is 1.88 bits per heavy atom. The molecule has 1 aromatic heterocycles. The summed E-state index contributed by atoms with van der Waals surface area (Å²) in [7, 11) is 0. The van der Waals surface area contributed by atoms with Gasteiger partial charge in [0.2, 0.25) is 0 Å². The van der Waals surface area contributed by atoms with E-state index in [1.54, 1.807) is 18.5 Å². The van der Waals surface area contributed by atoms with Gasteiger partial charge in [-0.05, 0) is 42.3 Å². The van der Waals surface area contributed by atoms with Crippen LogP contribution >= 0.6 is 0 Å². The second-order valence-corrected chi connectivity index (χ2v) is 5.95. The Morgan fingerprint density at radius 3 is 2.62 bits per heavy atom. The van der Waals surface area contributed by atoms with Crippen LogP contribution in [0.25, 0.3) is 0 Å². The van der Waals surface area contributed by atoms with Crippen molar-refractivity contribution in [2.75, 3.05) is 26.2 Å². The first-order valence-corrected chi connectivity index (χ1v) is 8.07. The smallest absolute Gasteiger partial charge is 0.315 e. The summed E-state index contributed by atoms with van der Waals surface area (Å²) in [4.78, 5) is 6.38. The third kappa shape index (κ3) is 3.94. The van der Waals surface area contributed by atoms with Gasteiger partial charge in [0.25, 0.3) is 0 Å². The number of rotatable bonds is 3. The molecular formula is C18H20F3N3. The molecule has 1 aliphatic heterocycles. The Kier molecular flexibility index (Phi) is 5.16. The number of pyridine rings is 1. The summed E-state index contributed by atoms with van der Waals surface area (Å²) in [6.45, 7) is 3.38. The number of halogens is 3. The number of hydrogen-bond acceptors (Lipinski definition) is 3. The molecule has 1 saturated heterocycles. The van der Waals surface area contributed by atoms with Gasteiger partial charge in [-0.2, -0.15) is 13.2 Å². The van der Waals surface area contributed by atoms with E-state index in [0.29, 0.717) is 5.56 Å². The summed E-state index contributed by atoms with van der Waals surface area (Å²) >= 11 is 0. The van der Waals surface area contributed by atoms with Crippen molar-refractivity contribution in [3.63, 3.8) is 0 Å². The van der Waals surface area contributed by atoms with E-state index in [1.807, 2.05) is 12.1 Å². The quantitative estimate of drug-likeness (QED) is 0.931. The molecule has 1 aromatic carbocycles. The van der Waals surface area contributed by atoms with E-state index in [2.05, 4.69) is 15.2 Å². The fraction of sp³-hybridized carbons (Fsp3) is 0.389. The van der Waals surface area contributed by atoms with Gasteiger partial charge in [0.1, 0.15) is 0 Å². The van der Waals surface area contributed by atoms with Gasteiger partial charge in [-0.3, -0.25) is 9.88 Å². The minimum absolute atomic E-state index is 0.221. The van der Waals surface area contributed by atoms with Crippen molar-refractivity contribution in [1.82, 2.24) is 15.2 Å². The van der Waals surface area contributed by atoms with E-state index < -0.39 is 11.7 Å². The van der Waals surface area contributed by atoms with Crippen LogP contribution in [0.1, 0.15) is 29.2 Å². The number of hydrogen-bond donors (Lipinski definition) is 1. The van der Waals surface area contributed by atoms with Crippen molar-refractivity contribution in [2.24, 2.45) is 0 Å². The first kappa shape index (κ1) is 16.9. The first-order valence-electron chi connectivity index (χ1n) is 8.07. The van der Waals surface area contributed by atoms with Gasteiger partial charge >= 0.3 is 6.18 Å². The largest absolute Gasteiger partial charge is 0.416 e. The zero-order valence-corrected chi connectivity index (χ0v) is 13.3. The molecule has 3 rings (SSSR count). The maximum absolute atomic E-state index is 13.1. The molecule has 1 aliphatic rings. The lowest BCUT2D eigenvalue weighted by atomic mass is 9.96. The van der Waals surface area contributed by atoms with Crippen LogP contribution in [0, 0.1) is 0 Å². The summed E-state index contributed by atoms with van der Waals surface area (Å²) in [6, 6.07) is 9.16. The number of aromatic nitrogens is 1. The Morgan fingerprint density at radius 1 is 1.04 bits per heavy atom. The van der Waals surface area contributed by atoms with Gasteiger partial charge < -0.3 is 5.32 Å². The van der Waals surface area contributed by atoms with E-state index in [4.69, 9.17) is 0 Å². The van der Waals surface area contributed by atoms with Gasteiger partial charge in [0.05, 0.1) is 11.6 Å². The third-order valence-electron chi connectivity index (χ3n) is 4.27. The van der Waals surface area contributed by atoms with Gasteiger partial charge in [-0.15, -0.1) is 0 Å². The van der Waals surface area contributed by atoms with E-state index in [0.717, 1.165) is 44.2 Å². The molecule has 1 unspecified atom stereocenters. The molecule has 0 spiro atoms. The average Bonchev–Trinajstić information content (AvgIpc) is 2.85. The predicted molar refractivity (Wildman–Crippen MR) is 86.6 cm³/mol. The zero-order valence-electron chi connectivity index (χ0n) is 13.3. The van der Waals surface area contributed by atoms with Crippen LogP contribution in [0.15, 0.2) is 48.8 Å². The Labute approximate surface area is 139 Å². The fourth-order valence-electron chi connectivity index (χ4n) is 3.16. The average molecular weight is 335 g/mol. The number of nitrogens with one attached hydrogen (secondary N) is 1. The van der Waals surface area contributed by atoms with Crippen LogP contribution in [0.2, 0.25) is 0 Å².